The van der Waals surface area contributed by atoms with Crippen molar-refractivity contribution in [2.75, 3.05) is 11.9 Å². The summed E-state index contributed by atoms with van der Waals surface area (Å²) in [6, 6.07) is 1.40. The third-order valence-corrected chi connectivity index (χ3v) is 3.19. The largest absolute Gasteiger partial charge is 0.379 e. The van der Waals surface area contributed by atoms with E-state index in [1.807, 2.05) is 0 Å². The number of rotatable bonds is 5. The van der Waals surface area contributed by atoms with Crippen molar-refractivity contribution < 1.29 is 13.7 Å². The number of thiazole rings is 1. The average Bonchev–Trinajstić information content (AvgIpc) is 2.80. The molecule has 0 radical (unpaired) electrons. The molecule has 19 heavy (non-hydrogen) atoms. The van der Waals surface area contributed by atoms with Gasteiger partial charge in [0.2, 0.25) is 5.82 Å². The summed E-state index contributed by atoms with van der Waals surface area (Å²) in [7, 11) is 0. The summed E-state index contributed by atoms with van der Waals surface area (Å²) < 4.78 is 26.4. The third kappa shape index (κ3) is 3.22. The van der Waals surface area contributed by atoms with Crippen LogP contribution in [0.3, 0.4) is 0 Å². The number of anilines is 1. The van der Waals surface area contributed by atoms with E-state index in [9.17, 15) is 18.9 Å². The third-order valence-electron chi connectivity index (χ3n) is 2.35. The lowest BCUT2D eigenvalue weighted by atomic mass is 10.2. The van der Waals surface area contributed by atoms with Gasteiger partial charge in [0.15, 0.2) is 0 Å². The fourth-order valence-corrected chi connectivity index (χ4v) is 2.19. The molecule has 1 aromatic carbocycles. The van der Waals surface area contributed by atoms with E-state index in [1.54, 1.807) is 11.6 Å². The first kappa shape index (κ1) is 13.3. The highest BCUT2D eigenvalue weighted by Crippen LogP contribution is 2.28. The van der Waals surface area contributed by atoms with Crippen molar-refractivity contribution in [3.05, 3.63) is 50.5 Å². The van der Waals surface area contributed by atoms with Crippen LogP contribution in [0.15, 0.2) is 23.7 Å². The first-order valence-corrected chi connectivity index (χ1v) is 6.21. The highest BCUT2D eigenvalue weighted by molar-refractivity contribution is 7.09. The smallest absolute Gasteiger partial charge is 0.327 e. The molecular weight excluding hydrogens is 276 g/mol. The van der Waals surface area contributed by atoms with E-state index in [-0.39, 0.29) is 5.69 Å². The Bertz CT molecular complexity index is 590. The van der Waals surface area contributed by atoms with Crippen molar-refractivity contribution in [3.8, 4) is 0 Å². The molecule has 1 N–H and O–H groups in total. The van der Waals surface area contributed by atoms with Gasteiger partial charge >= 0.3 is 5.69 Å². The second-order valence-electron chi connectivity index (χ2n) is 3.64. The van der Waals surface area contributed by atoms with Crippen molar-refractivity contribution in [2.45, 2.75) is 6.42 Å². The minimum atomic E-state index is -1.19. The van der Waals surface area contributed by atoms with Gasteiger partial charge in [-0.1, -0.05) is 0 Å². The van der Waals surface area contributed by atoms with E-state index in [2.05, 4.69) is 10.3 Å². The number of hydrogen-bond donors (Lipinski definition) is 1. The normalized spacial score (nSPS) is 10.4. The molecule has 1 aromatic heterocycles. The van der Waals surface area contributed by atoms with Gasteiger partial charge in [0.25, 0.3) is 0 Å². The molecule has 100 valence electrons. The second-order valence-corrected chi connectivity index (χ2v) is 4.62. The van der Waals surface area contributed by atoms with Crippen molar-refractivity contribution in [3.63, 3.8) is 0 Å². The number of nitrogens with one attached hydrogen (secondary N) is 1. The zero-order chi connectivity index (χ0) is 13.8. The summed E-state index contributed by atoms with van der Waals surface area (Å²) in [6.07, 6.45) is 2.16. The molecule has 0 unspecified atom stereocenters. The fraction of sp³-hybridized carbons (Fsp3) is 0.182. The van der Waals surface area contributed by atoms with Crippen LogP contribution in [0.25, 0.3) is 0 Å². The van der Waals surface area contributed by atoms with Crippen LogP contribution in [0.4, 0.5) is 20.2 Å². The van der Waals surface area contributed by atoms with Crippen LogP contribution >= 0.6 is 11.3 Å². The van der Waals surface area contributed by atoms with Crippen molar-refractivity contribution in [2.24, 2.45) is 0 Å². The van der Waals surface area contributed by atoms with Gasteiger partial charge in [0, 0.05) is 36.7 Å². The van der Waals surface area contributed by atoms with Gasteiger partial charge in [0.1, 0.15) is 11.5 Å². The second kappa shape index (κ2) is 5.70. The van der Waals surface area contributed by atoms with Gasteiger partial charge < -0.3 is 5.32 Å². The maximum Gasteiger partial charge on any atom is 0.327 e. The van der Waals surface area contributed by atoms with E-state index in [4.69, 9.17) is 0 Å². The number of aromatic nitrogens is 1. The van der Waals surface area contributed by atoms with E-state index in [0.29, 0.717) is 19.0 Å². The van der Waals surface area contributed by atoms with Crippen LogP contribution in [0.1, 0.15) is 5.01 Å². The number of nitro groups is 1. The first-order valence-electron chi connectivity index (χ1n) is 5.33. The zero-order valence-corrected chi connectivity index (χ0v) is 10.4. The number of nitrogens with zero attached hydrogens (tertiary/aromatic N) is 2. The lowest BCUT2D eigenvalue weighted by Crippen LogP contribution is -2.08. The molecule has 0 aliphatic carbocycles. The molecular formula is C11H9F2N3O2S. The monoisotopic (exact) mass is 285 g/mol. The minimum Gasteiger partial charge on any atom is -0.379 e. The molecule has 2 aromatic rings. The molecule has 1 heterocycles. The highest BCUT2D eigenvalue weighted by Gasteiger charge is 2.21. The average molecular weight is 285 g/mol. The van der Waals surface area contributed by atoms with Crippen LogP contribution in [0.5, 0.6) is 0 Å². The number of nitro benzene ring substituents is 1. The standard InChI is InChI=1S/C11H9F2N3O2S/c12-7-5-8(13)11(16(17)18)9(6-7)14-2-1-10-15-3-4-19-10/h3-6,14H,1-2H2. The minimum absolute atomic E-state index is 0.168. The number of benzene rings is 1. The van der Waals surface area contributed by atoms with Gasteiger partial charge in [-0.25, -0.2) is 9.37 Å². The number of hydrogen-bond acceptors (Lipinski definition) is 5. The zero-order valence-electron chi connectivity index (χ0n) is 9.60. The Morgan fingerprint density at radius 3 is 2.84 bits per heavy atom. The molecule has 0 amide bonds. The van der Waals surface area contributed by atoms with E-state index >= 15 is 0 Å². The van der Waals surface area contributed by atoms with E-state index < -0.39 is 22.2 Å². The molecule has 0 aliphatic rings. The van der Waals surface area contributed by atoms with Crippen molar-refractivity contribution >= 4 is 22.7 Å². The number of halogens is 2. The van der Waals surface area contributed by atoms with Crippen LogP contribution in [-0.4, -0.2) is 16.5 Å². The maximum atomic E-state index is 13.3. The van der Waals surface area contributed by atoms with Gasteiger partial charge in [-0.2, -0.15) is 4.39 Å². The Labute approximate surface area is 111 Å². The van der Waals surface area contributed by atoms with Crippen molar-refractivity contribution in [1.82, 2.24) is 4.98 Å². The predicted molar refractivity (Wildman–Crippen MR) is 67.3 cm³/mol. The lowest BCUT2D eigenvalue weighted by molar-refractivity contribution is -0.386. The van der Waals surface area contributed by atoms with Crippen LogP contribution in [-0.2, 0) is 6.42 Å². The van der Waals surface area contributed by atoms with Gasteiger partial charge in [0.05, 0.1) is 9.93 Å². The molecule has 0 atom stereocenters. The first-order chi connectivity index (χ1) is 9.08. The molecule has 8 heteroatoms. The SMILES string of the molecule is O=[N+]([O-])c1c(F)cc(F)cc1NCCc1nccs1. The molecule has 0 fully saturated rings. The summed E-state index contributed by atoms with van der Waals surface area (Å²) in [5.74, 6) is -2.05. The summed E-state index contributed by atoms with van der Waals surface area (Å²) >= 11 is 1.44. The topological polar surface area (TPSA) is 68.1 Å². The molecule has 0 saturated carbocycles. The molecule has 0 bridgehead atoms. The summed E-state index contributed by atoms with van der Waals surface area (Å²) in [5.41, 5.74) is -0.917. The Balaban J connectivity index is 2.12. The lowest BCUT2D eigenvalue weighted by Gasteiger charge is -2.06. The molecule has 2 rings (SSSR count). The van der Waals surface area contributed by atoms with Crippen molar-refractivity contribution in [1.29, 1.82) is 0 Å². The van der Waals surface area contributed by atoms with E-state index in [1.165, 1.54) is 11.3 Å². The Morgan fingerprint density at radius 2 is 2.21 bits per heavy atom. The Morgan fingerprint density at radius 1 is 1.42 bits per heavy atom. The van der Waals surface area contributed by atoms with Gasteiger partial charge in [-0.15, -0.1) is 11.3 Å². The quantitative estimate of drug-likeness (QED) is 0.677. The van der Waals surface area contributed by atoms with Crippen LogP contribution in [0, 0.1) is 21.7 Å². The maximum absolute atomic E-state index is 13.3. The van der Waals surface area contributed by atoms with Gasteiger partial charge in [-0.3, -0.25) is 10.1 Å². The fourth-order valence-electron chi connectivity index (χ4n) is 1.57. The summed E-state index contributed by atoms with van der Waals surface area (Å²) in [4.78, 5) is 13.9. The molecule has 5 nitrogen and oxygen atoms in total. The summed E-state index contributed by atoms with van der Waals surface area (Å²) in [6.45, 7) is 0.303. The molecule has 0 saturated heterocycles. The van der Waals surface area contributed by atoms with E-state index in [0.717, 1.165) is 11.1 Å². The van der Waals surface area contributed by atoms with Crippen LogP contribution in [0.2, 0.25) is 0 Å². The molecule has 0 aliphatic heterocycles. The Kier molecular flexibility index (Phi) is 4.00. The predicted octanol–water partition coefficient (Wildman–Crippen LogP) is 2.98. The molecule has 0 spiro atoms. The van der Waals surface area contributed by atoms with Gasteiger partial charge in [-0.05, 0) is 0 Å². The van der Waals surface area contributed by atoms with Crippen LogP contribution < -0.4 is 5.32 Å². The highest BCUT2D eigenvalue weighted by atomic mass is 32.1. The summed E-state index contributed by atoms with van der Waals surface area (Å²) in [5, 5.41) is 16.0. The Hall–Kier alpha value is -2.09.